The average molecular weight is 281 g/mol. The maximum absolute atomic E-state index is 9.61. The monoisotopic (exact) mass is 281 g/mol. The highest BCUT2D eigenvalue weighted by Crippen LogP contribution is 2.27. The van der Waals surface area contributed by atoms with Gasteiger partial charge in [0.15, 0.2) is 0 Å². The van der Waals surface area contributed by atoms with Crippen molar-refractivity contribution in [2.75, 3.05) is 6.54 Å². The minimum Gasteiger partial charge on any atom is -0.508 e. The van der Waals surface area contributed by atoms with E-state index in [0.29, 0.717) is 11.7 Å². The van der Waals surface area contributed by atoms with Gasteiger partial charge in [-0.2, -0.15) is 0 Å². The SMILES string of the molecule is C=C[C@@H](c1cccc(O)c1)[C@@H](C)CNCc1ccccc1. The standard InChI is InChI=1S/C19H23NO/c1-3-19(17-10-7-11-18(21)12-17)15(2)13-20-14-16-8-5-4-6-9-16/h3-12,15,19-21H,1,13-14H2,2H3/t15-,19+/m0/s1. The third-order valence-electron chi connectivity index (χ3n) is 3.76. The molecule has 0 saturated heterocycles. The van der Waals surface area contributed by atoms with Crippen molar-refractivity contribution in [3.8, 4) is 5.75 Å². The third kappa shape index (κ3) is 4.47. The van der Waals surface area contributed by atoms with Gasteiger partial charge in [0.2, 0.25) is 0 Å². The minimum absolute atomic E-state index is 0.236. The second-order valence-electron chi connectivity index (χ2n) is 5.45. The number of rotatable bonds is 7. The van der Waals surface area contributed by atoms with Gasteiger partial charge in [-0.15, -0.1) is 6.58 Å². The first-order valence-corrected chi connectivity index (χ1v) is 7.37. The summed E-state index contributed by atoms with van der Waals surface area (Å²) in [5, 5.41) is 13.1. The zero-order valence-corrected chi connectivity index (χ0v) is 12.5. The summed E-state index contributed by atoms with van der Waals surface area (Å²) in [5.41, 5.74) is 2.40. The van der Waals surface area contributed by atoms with E-state index in [4.69, 9.17) is 0 Å². The maximum Gasteiger partial charge on any atom is 0.115 e. The Kier molecular flexibility index (Phi) is 5.59. The molecule has 0 heterocycles. The molecule has 0 amide bonds. The van der Waals surface area contributed by atoms with Gasteiger partial charge in [0.1, 0.15) is 5.75 Å². The van der Waals surface area contributed by atoms with Crippen LogP contribution in [-0.4, -0.2) is 11.7 Å². The molecule has 2 aromatic carbocycles. The molecule has 0 aliphatic heterocycles. The number of hydrogen-bond acceptors (Lipinski definition) is 2. The van der Waals surface area contributed by atoms with Crippen molar-refractivity contribution < 1.29 is 5.11 Å². The lowest BCUT2D eigenvalue weighted by Crippen LogP contribution is -2.24. The molecule has 2 atom stereocenters. The summed E-state index contributed by atoms with van der Waals surface area (Å²) in [5.74, 6) is 0.956. The lowest BCUT2D eigenvalue weighted by atomic mass is 9.87. The van der Waals surface area contributed by atoms with Crippen LogP contribution in [0.25, 0.3) is 0 Å². The molecule has 0 radical (unpaired) electrons. The van der Waals surface area contributed by atoms with Crippen molar-refractivity contribution in [2.24, 2.45) is 5.92 Å². The Morgan fingerprint density at radius 3 is 2.57 bits per heavy atom. The second-order valence-corrected chi connectivity index (χ2v) is 5.45. The molecule has 110 valence electrons. The quantitative estimate of drug-likeness (QED) is 0.749. The van der Waals surface area contributed by atoms with Gasteiger partial charge in [-0.1, -0.05) is 55.5 Å². The predicted octanol–water partition coefficient (Wildman–Crippen LogP) is 4.09. The van der Waals surface area contributed by atoms with Crippen molar-refractivity contribution in [1.29, 1.82) is 0 Å². The maximum atomic E-state index is 9.61. The number of phenolic OH excluding ortho intramolecular Hbond substituents is 1. The molecule has 0 saturated carbocycles. The number of benzene rings is 2. The van der Waals surface area contributed by atoms with Crippen LogP contribution in [0.4, 0.5) is 0 Å². The smallest absolute Gasteiger partial charge is 0.115 e. The van der Waals surface area contributed by atoms with Crippen LogP contribution in [0.5, 0.6) is 5.75 Å². The Morgan fingerprint density at radius 1 is 1.14 bits per heavy atom. The van der Waals surface area contributed by atoms with Gasteiger partial charge in [-0.25, -0.2) is 0 Å². The van der Waals surface area contributed by atoms with Crippen molar-refractivity contribution in [3.63, 3.8) is 0 Å². The second kappa shape index (κ2) is 7.65. The van der Waals surface area contributed by atoms with E-state index in [2.05, 4.69) is 43.1 Å². The fourth-order valence-corrected chi connectivity index (χ4v) is 2.60. The molecule has 2 N–H and O–H groups in total. The van der Waals surface area contributed by atoms with Crippen molar-refractivity contribution in [3.05, 3.63) is 78.4 Å². The van der Waals surface area contributed by atoms with Gasteiger partial charge in [0.05, 0.1) is 0 Å². The van der Waals surface area contributed by atoms with Gasteiger partial charge < -0.3 is 10.4 Å². The molecule has 0 unspecified atom stereocenters. The van der Waals surface area contributed by atoms with E-state index < -0.39 is 0 Å². The lowest BCUT2D eigenvalue weighted by molar-refractivity contribution is 0.461. The average Bonchev–Trinajstić information content (AvgIpc) is 2.49. The largest absolute Gasteiger partial charge is 0.508 e. The van der Waals surface area contributed by atoms with Gasteiger partial charge in [-0.05, 0) is 35.7 Å². The summed E-state index contributed by atoms with van der Waals surface area (Å²) < 4.78 is 0. The van der Waals surface area contributed by atoms with Gasteiger partial charge in [-0.3, -0.25) is 0 Å². The van der Waals surface area contributed by atoms with Crippen LogP contribution in [0.1, 0.15) is 24.0 Å². The molecule has 21 heavy (non-hydrogen) atoms. The Hall–Kier alpha value is -2.06. The number of hydrogen-bond donors (Lipinski definition) is 2. The summed E-state index contributed by atoms with van der Waals surface area (Å²) in [6.45, 7) is 7.92. The summed E-state index contributed by atoms with van der Waals surface area (Å²) in [4.78, 5) is 0. The fourth-order valence-electron chi connectivity index (χ4n) is 2.60. The Morgan fingerprint density at radius 2 is 1.90 bits per heavy atom. The molecule has 0 spiro atoms. The van der Waals surface area contributed by atoms with E-state index in [0.717, 1.165) is 18.7 Å². The Labute approximate surface area is 127 Å². The first kappa shape index (κ1) is 15.3. The van der Waals surface area contributed by atoms with Crippen LogP contribution in [0.15, 0.2) is 67.3 Å². The normalized spacial score (nSPS) is 13.6. The van der Waals surface area contributed by atoms with E-state index in [1.807, 2.05) is 30.3 Å². The molecule has 0 bridgehead atoms. The van der Waals surface area contributed by atoms with Crippen LogP contribution in [0, 0.1) is 5.92 Å². The highest BCUT2D eigenvalue weighted by Gasteiger charge is 2.16. The van der Waals surface area contributed by atoms with Crippen molar-refractivity contribution in [1.82, 2.24) is 5.32 Å². The molecular formula is C19H23NO. The summed E-state index contributed by atoms with van der Waals surface area (Å²) >= 11 is 0. The molecular weight excluding hydrogens is 258 g/mol. The number of aromatic hydroxyl groups is 1. The van der Waals surface area contributed by atoms with E-state index in [-0.39, 0.29) is 5.92 Å². The van der Waals surface area contributed by atoms with Crippen LogP contribution in [0.3, 0.4) is 0 Å². The molecule has 0 aromatic heterocycles. The Balaban J connectivity index is 1.91. The van der Waals surface area contributed by atoms with Crippen LogP contribution in [-0.2, 0) is 6.54 Å². The van der Waals surface area contributed by atoms with E-state index >= 15 is 0 Å². The summed E-state index contributed by atoms with van der Waals surface area (Å²) in [6.07, 6.45) is 1.96. The van der Waals surface area contributed by atoms with Crippen molar-refractivity contribution in [2.45, 2.75) is 19.4 Å². The zero-order chi connectivity index (χ0) is 15.1. The van der Waals surface area contributed by atoms with Crippen molar-refractivity contribution >= 4 is 0 Å². The van der Waals surface area contributed by atoms with Crippen LogP contribution < -0.4 is 5.32 Å². The summed E-state index contributed by atoms with van der Waals surface area (Å²) in [6, 6.07) is 17.8. The molecule has 2 heteroatoms. The number of allylic oxidation sites excluding steroid dienone is 1. The van der Waals surface area contributed by atoms with E-state index in [1.54, 1.807) is 6.07 Å². The molecule has 2 nitrogen and oxygen atoms in total. The molecule has 0 aliphatic carbocycles. The fraction of sp³-hybridized carbons (Fsp3) is 0.263. The number of nitrogens with one attached hydrogen (secondary N) is 1. The first-order chi connectivity index (χ1) is 10.2. The molecule has 0 aliphatic rings. The molecule has 2 rings (SSSR count). The van der Waals surface area contributed by atoms with E-state index in [9.17, 15) is 5.11 Å². The van der Waals surface area contributed by atoms with Gasteiger partial charge in [0, 0.05) is 12.5 Å². The first-order valence-electron chi connectivity index (χ1n) is 7.37. The highest BCUT2D eigenvalue weighted by molar-refractivity contribution is 5.32. The summed E-state index contributed by atoms with van der Waals surface area (Å²) in [7, 11) is 0. The highest BCUT2D eigenvalue weighted by atomic mass is 16.3. The van der Waals surface area contributed by atoms with Crippen LogP contribution >= 0.6 is 0 Å². The predicted molar refractivity (Wildman–Crippen MR) is 88.4 cm³/mol. The molecule has 0 fully saturated rings. The van der Waals surface area contributed by atoms with Gasteiger partial charge >= 0.3 is 0 Å². The lowest BCUT2D eigenvalue weighted by Gasteiger charge is -2.22. The molecule has 2 aromatic rings. The third-order valence-corrected chi connectivity index (χ3v) is 3.76. The Bertz CT molecular complexity index is 565. The number of phenols is 1. The minimum atomic E-state index is 0.236. The van der Waals surface area contributed by atoms with E-state index in [1.165, 1.54) is 5.56 Å². The van der Waals surface area contributed by atoms with Crippen LogP contribution in [0.2, 0.25) is 0 Å². The zero-order valence-electron chi connectivity index (χ0n) is 12.5. The van der Waals surface area contributed by atoms with Gasteiger partial charge in [0.25, 0.3) is 0 Å². The topological polar surface area (TPSA) is 32.3 Å².